The number of aromatic nitrogens is 1. The van der Waals surface area contributed by atoms with E-state index in [9.17, 15) is 14.3 Å². The summed E-state index contributed by atoms with van der Waals surface area (Å²) >= 11 is 1.34. The number of benzene rings is 3. The van der Waals surface area contributed by atoms with E-state index < -0.39 is 0 Å². The van der Waals surface area contributed by atoms with Gasteiger partial charge in [0.15, 0.2) is 0 Å². The molecule has 2 N–H and O–H groups in total. The first-order valence-corrected chi connectivity index (χ1v) is 14.4. The van der Waals surface area contributed by atoms with Crippen LogP contribution in [0.5, 0.6) is 11.5 Å². The number of methoxy groups -OCH3 is 2. The van der Waals surface area contributed by atoms with Gasteiger partial charge in [0.1, 0.15) is 0 Å². The number of ether oxygens (including phenoxy) is 2. The maximum atomic E-state index is 13.0. The van der Waals surface area contributed by atoms with Crippen LogP contribution in [0.15, 0.2) is 88.9 Å². The molecule has 0 saturated carbocycles. The molecule has 0 spiro atoms. The van der Waals surface area contributed by atoms with Gasteiger partial charge in [-0.1, -0.05) is 6.07 Å². The van der Waals surface area contributed by atoms with E-state index in [0.717, 1.165) is 27.1 Å². The molecule has 1 amide bonds. The number of nitrogens with zero attached hydrogens (tertiary/aromatic N) is 2. The van der Waals surface area contributed by atoms with Crippen LogP contribution in [0.3, 0.4) is 0 Å². The Kier molecular flexibility index (Phi) is 11.2. The number of Topliss-reactive ketones (excluding diaryl/α,β-unsaturated/α-hetero) is 1. The van der Waals surface area contributed by atoms with Crippen molar-refractivity contribution in [2.45, 2.75) is 18.2 Å². The van der Waals surface area contributed by atoms with E-state index in [4.69, 9.17) is 9.47 Å². The molecule has 0 atom stereocenters. The number of anilines is 1. The predicted molar refractivity (Wildman–Crippen MR) is 172 cm³/mol. The van der Waals surface area contributed by atoms with Gasteiger partial charge in [0.2, 0.25) is 0 Å². The molecule has 4 aromatic rings. The standard InChI is InChI=1S/C32H31BN4O5S/c1-21-7-10-23-16-25(12-13-29(23)35-21)36-32(39)24-5-4-6-28(17-24)43-19-27(38)18-26(37-34-20-33-40)11-8-22-9-14-30(41-2)31(15-22)42-3/h4-17,34H,18-20H2,1-3H3,(H,36,39)/b11-8+,37-26-. The summed E-state index contributed by atoms with van der Waals surface area (Å²) in [7, 11) is 3.82. The summed E-state index contributed by atoms with van der Waals surface area (Å²) in [6.45, 7) is 1.94. The second-order valence-corrected chi connectivity index (χ2v) is 10.5. The predicted octanol–water partition coefficient (Wildman–Crippen LogP) is 5.53. The molecule has 0 saturated heterocycles. The van der Waals surface area contributed by atoms with Crippen molar-refractivity contribution in [2.75, 3.05) is 31.7 Å². The number of allylic oxidation sites excluding steroid dienone is 1. The first kappa shape index (κ1) is 31.2. The molecule has 0 bridgehead atoms. The number of pyridine rings is 1. The topological polar surface area (TPSA) is 119 Å². The number of thioether (sulfide) groups is 1. The van der Waals surface area contributed by atoms with Gasteiger partial charge in [-0.25, -0.2) is 0 Å². The first-order valence-electron chi connectivity index (χ1n) is 13.4. The van der Waals surface area contributed by atoms with E-state index in [1.807, 2.05) is 55.5 Å². The van der Waals surface area contributed by atoms with Crippen LogP contribution in [0, 0.1) is 6.92 Å². The normalized spacial score (nSPS) is 11.3. The fraction of sp³-hybridized carbons (Fsp3) is 0.188. The number of aryl methyl sites for hydroxylation is 1. The van der Waals surface area contributed by atoms with E-state index in [0.29, 0.717) is 35.6 Å². The second-order valence-electron chi connectivity index (χ2n) is 9.43. The monoisotopic (exact) mass is 594 g/mol. The molecule has 9 nitrogen and oxygen atoms in total. The summed E-state index contributed by atoms with van der Waals surface area (Å²) in [5, 5.41) is 8.08. The van der Waals surface area contributed by atoms with Crippen molar-refractivity contribution in [3.8, 4) is 11.5 Å². The van der Waals surface area contributed by atoms with Crippen LogP contribution in [-0.2, 0) is 9.50 Å². The molecule has 1 aromatic heterocycles. The van der Waals surface area contributed by atoms with Gasteiger partial charge in [-0.15, -0.1) is 0 Å². The Morgan fingerprint density at radius 3 is 2.63 bits per heavy atom. The Hall–Kier alpha value is -4.77. The average Bonchev–Trinajstić information content (AvgIpc) is 3.02. The number of hydrazone groups is 1. The number of fused-ring (bicyclic) bond motifs is 1. The van der Waals surface area contributed by atoms with Gasteiger partial charge in [-0.05, 0) is 31.2 Å². The van der Waals surface area contributed by atoms with Gasteiger partial charge in [-0.2, -0.15) is 0 Å². The van der Waals surface area contributed by atoms with Crippen molar-refractivity contribution in [3.63, 3.8) is 0 Å². The molecule has 0 aliphatic carbocycles. The summed E-state index contributed by atoms with van der Waals surface area (Å²) in [5.41, 5.74) is 6.91. The zero-order valence-corrected chi connectivity index (χ0v) is 24.9. The van der Waals surface area contributed by atoms with Crippen LogP contribution in [0.4, 0.5) is 5.69 Å². The summed E-state index contributed by atoms with van der Waals surface area (Å²) < 4.78 is 21.4. The van der Waals surface area contributed by atoms with Crippen LogP contribution in [0.2, 0.25) is 0 Å². The molecular weight excluding hydrogens is 563 g/mol. The second kappa shape index (κ2) is 15.5. The molecule has 4 rings (SSSR count). The number of hydrogen-bond donors (Lipinski definition) is 2. The molecule has 218 valence electrons. The van der Waals surface area contributed by atoms with E-state index in [1.165, 1.54) is 11.8 Å². The molecule has 0 radical (unpaired) electrons. The van der Waals surface area contributed by atoms with E-state index in [2.05, 4.69) is 20.8 Å². The number of carbonyl (C=O) groups is 2. The van der Waals surface area contributed by atoms with Crippen molar-refractivity contribution in [1.29, 1.82) is 0 Å². The number of hydrogen-bond acceptors (Lipinski definition) is 9. The summed E-state index contributed by atoms with van der Waals surface area (Å²) in [6.07, 6.45) is 3.61. The van der Waals surface area contributed by atoms with Gasteiger partial charge >= 0.3 is 181 Å². The molecule has 11 heteroatoms. The fourth-order valence-electron chi connectivity index (χ4n) is 4.12. The molecule has 0 aliphatic rings. The number of amides is 1. The van der Waals surface area contributed by atoms with Crippen molar-refractivity contribution < 1.29 is 23.8 Å². The zero-order chi connectivity index (χ0) is 30.6. The van der Waals surface area contributed by atoms with Crippen molar-refractivity contribution in [2.24, 2.45) is 5.10 Å². The third-order valence-corrected chi connectivity index (χ3v) is 7.29. The van der Waals surface area contributed by atoms with Gasteiger partial charge in [0.25, 0.3) is 0 Å². The van der Waals surface area contributed by atoms with Crippen LogP contribution < -0.4 is 20.2 Å². The Labute approximate surface area is 255 Å². The average molecular weight is 595 g/mol. The van der Waals surface area contributed by atoms with Gasteiger partial charge < -0.3 is 5.32 Å². The molecular formula is C32H31BN4O5S. The number of carbonyl (C=O) groups excluding carboxylic acids is 2. The van der Waals surface area contributed by atoms with Gasteiger partial charge in [0, 0.05) is 16.8 Å². The Bertz CT molecular complexity index is 1690. The third-order valence-electron chi connectivity index (χ3n) is 6.23. The quantitative estimate of drug-likeness (QED) is 0.0643. The SMILES string of the molecule is COc1ccc(/C=C/C(CC(=O)CSc2cccc(C(=O)Nc3ccc4nc(C)ccc4c3)c2)=N/NCB=O)cc1OC. The minimum absolute atomic E-state index is 0.0290. The van der Waals surface area contributed by atoms with Crippen LogP contribution in [0.1, 0.15) is 28.0 Å². The maximum absolute atomic E-state index is 13.0. The molecule has 43 heavy (non-hydrogen) atoms. The number of rotatable bonds is 14. The molecule has 3 aromatic carbocycles. The number of ketones is 1. The van der Waals surface area contributed by atoms with E-state index >= 15 is 0 Å². The third kappa shape index (κ3) is 9.11. The van der Waals surface area contributed by atoms with E-state index in [-0.39, 0.29) is 30.3 Å². The zero-order valence-electron chi connectivity index (χ0n) is 24.1. The fourth-order valence-corrected chi connectivity index (χ4v) is 4.94. The van der Waals surface area contributed by atoms with Crippen LogP contribution >= 0.6 is 11.8 Å². The van der Waals surface area contributed by atoms with Crippen molar-refractivity contribution in [1.82, 2.24) is 10.4 Å². The van der Waals surface area contributed by atoms with Gasteiger partial charge in [0.05, 0.1) is 5.52 Å². The molecule has 0 fully saturated rings. The molecule has 0 aliphatic heterocycles. The minimum atomic E-state index is -0.246. The van der Waals surface area contributed by atoms with Crippen LogP contribution in [-0.4, -0.2) is 56.0 Å². The Balaban J connectivity index is 1.37. The molecule has 0 unspecified atom stereocenters. The van der Waals surface area contributed by atoms with Gasteiger partial charge in [-0.3, -0.25) is 9.78 Å². The molecule has 1 heterocycles. The summed E-state index contributed by atoms with van der Waals surface area (Å²) in [5.74, 6) is 1.05. The van der Waals surface area contributed by atoms with E-state index in [1.54, 1.807) is 50.6 Å². The van der Waals surface area contributed by atoms with Crippen molar-refractivity contribution in [3.05, 3.63) is 95.7 Å². The Morgan fingerprint density at radius 1 is 1.00 bits per heavy atom. The van der Waals surface area contributed by atoms with Crippen molar-refractivity contribution >= 4 is 59.0 Å². The first-order chi connectivity index (χ1) is 20.9. The van der Waals surface area contributed by atoms with Crippen LogP contribution in [0.25, 0.3) is 17.0 Å². The number of nitrogens with one attached hydrogen (secondary N) is 2. The summed E-state index contributed by atoms with van der Waals surface area (Å²) in [4.78, 5) is 31.1. The Morgan fingerprint density at radius 2 is 1.84 bits per heavy atom. The summed E-state index contributed by atoms with van der Waals surface area (Å²) in [6, 6.07) is 22.1.